The number of amides is 1. The van der Waals surface area contributed by atoms with Gasteiger partial charge < -0.3 is 5.32 Å². The Morgan fingerprint density at radius 1 is 0.939 bits per heavy atom. The van der Waals surface area contributed by atoms with Gasteiger partial charge in [-0.1, -0.05) is 24.6 Å². The molecule has 2 heterocycles. The van der Waals surface area contributed by atoms with E-state index in [1.54, 1.807) is 35.4 Å². The van der Waals surface area contributed by atoms with Crippen molar-refractivity contribution in [3.05, 3.63) is 64.7 Å². The number of anilines is 1. The maximum absolute atomic E-state index is 12.5. The average Bonchev–Trinajstić information content (AvgIpc) is 3.01. The molecule has 1 N–H and O–H groups in total. The summed E-state index contributed by atoms with van der Waals surface area (Å²) in [6, 6.07) is 17.2. The van der Waals surface area contributed by atoms with E-state index in [0.29, 0.717) is 18.0 Å². The molecule has 2 aliphatic heterocycles. The van der Waals surface area contributed by atoms with Crippen LogP contribution in [0.25, 0.3) is 0 Å². The Balaban J connectivity index is 1.12. The molecule has 1 saturated carbocycles. The van der Waals surface area contributed by atoms with Crippen molar-refractivity contribution < 1.29 is 4.79 Å². The van der Waals surface area contributed by atoms with Crippen molar-refractivity contribution >= 4 is 11.6 Å². The Kier molecular flexibility index (Phi) is 6.75. The van der Waals surface area contributed by atoms with E-state index in [-0.39, 0.29) is 5.91 Å². The van der Waals surface area contributed by atoms with Crippen LogP contribution in [0, 0.1) is 11.3 Å². The van der Waals surface area contributed by atoms with Crippen LogP contribution < -0.4 is 5.32 Å². The summed E-state index contributed by atoms with van der Waals surface area (Å²) < 4.78 is 0. The van der Waals surface area contributed by atoms with Gasteiger partial charge in [-0.25, -0.2) is 0 Å². The Hall–Kier alpha value is -2.68. The number of hydrogen-bond donors (Lipinski definition) is 1. The largest absolute Gasteiger partial charge is 0.325 e. The van der Waals surface area contributed by atoms with Crippen LogP contribution in [0.15, 0.2) is 42.5 Å². The van der Waals surface area contributed by atoms with Gasteiger partial charge in [0, 0.05) is 24.8 Å². The molecule has 1 saturated heterocycles. The first kappa shape index (κ1) is 22.1. The highest BCUT2D eigenvalue weighted by atomic mass is 16.2. The molecule has 0 aromatic heterocycles. The summed E-state index contributed by atoms with van der Waals surface area (Å²) in [5, 5.41) is 11.8. The van der Waals surface area contributed by atoms with E-state index in [2.05, 4.69) is 39.4 Å². The van der Waals surface area contributed by atoms with Gasteiger partial charge in [0.15, 0.2) is 0 Å². The molecule has 33 heavy (non-hydrogen) atoms. The van der Waals surface area contributed by atoms with E-state index in [4.69, 9.17) is 5.26 Å². The van der Waals surface area contributed by atoms with Gasteiger partial charge in [-0.15, -0.1) is 0 Å². The van der Waals surface area contributed by atoms with Gasteiger partial charge >= 0.3 is 0 Å². The second-order valence-corrected chi connectivity index (χ2v) is 9.94. The number of fused-ring (bicyclic) bond motifs is 1. The van der Waals surface area contributed by atoms with Gasteiger partial charge in [0.25, 0.3) is 0 Å². The molecule has 2 fully saturated rings. The molecule has 2 aromatic carbocycles. The first-order chi connectivity index (χ1) is 16.2. The normalized spacial score (nSPS) is 20.3. The molecule has 2 aromatic rings. The number of nitrogens with zero attached hydrogens (tertiary/aromatic N) is 3. The lowest BCUT2D eigenvalue weighted by Crippen LogP contribution is -2.41. The van der Waals surface area contributed by atoms with Gasteiger partial charge in [0.05, 0.1) is 18.2 Å². The van der Waals surface area contributed by atoms with Gasteiger partial charge in [-0.05, 0) is 98.5 Å². The van der Waals surface area contributed by atoms with E-state index in [1.165, 1.54) is 50.8 Å². The molecule has 3 aliphatic rings. The maximum atomic E-state index is 12.5. The molecule has 0 atom stereocenters. The first-order valence-electron chi connectivity index (χ1n) is 12.6. The van der Waals surface area contributed by atoms with Crippen LogP contribution in [0.2, 0.25) is 0 Å². The minimum atomic E-state index is 0.0132. The molecule has 1 amide bonds. The molecular weight excluding hydrogens is 408 g/mol. The number of hydrogen-bond acceptors (Lipinski definition) is 4. The summed E-state index contributed by atoms with van der Waals surface area (Å²) in [7, 11) is 0. The lowest BCUT2D eigenvalue weighted by molar-refractivity contribution is -0.117. The number of carbonyl (C=O) groups excluding carboxylic acids is 1. The van der Waals surface area contributed by atoms with Crippen molar-refractivity contribution in [1.82, 2.24) is 9.80 Å². The number of rotatable bonds is 5. The summed E-state index contributed by atoms with van der Waals surface area (Å²) in [4.78, 5) is 17.4. The fraction of sp³-hybridized carbons (Fsp3) is 0.500. The van der Waals surface area contributed by atoms with Crippen molar-refractivity contribution in [2.45, 2.75) is 56.9 Å². The molecular formula is C28H34N4O. The number of nitrogens with one attached hydrogen (secondary N) is 1. The van der Waals surface area contributed by atoms with Crippen LogP contribution in [0.4, 0.5) is 5.69 Å². The van der Waals surface area contributed by atoms with Gasteiger partial charge in [0.2, 0.25) is 5.91 Å². The van der Waals surface area contributed by atoms with E-state index < -0.39 is 0 Å². The standard InChI is InChI=1S/C28H34N4O/c29-19-21-4-8-26(9-5-21)30-28(33)20-31-14-10-23(11-15-31)24-7-6-22-12-16-32(27-2-1-3-27)17-13-25(22)18-24/h4-9,18,23,27H,1-3,10-17,20H2,(H,30,33). The predicted molar refractivity (Wildman–Crippen MR) is 131 cm³/mol. The highest BCUT2D eigenvalue weighted by Gasteiger charge is 2.27. The smallest absolute Gasteiger partial charge is 0.238 e. The molecule has 5 rings (SSSR count). The molecule has 0 bridgehead atoms. The Bertz CT molecular complexity index is 1010. The van der Waals surface area contributed by atoms with Crippen LogP contribution in [-0.2, 0) is 17.6 Å². The van der Waals surface area contributed by atoms with E-state index in [9.17, 15) is 4.79 Å². The molecule has 1 aliphatic carbocycles. The minimum absolute atomic E-state index is 0.0132. The highest BCUT2D eigenvalue weighted by Crippen LogP contribution is 2.32. The van der Waals surface area contributed by atoms with Crippen LogP contribution in [0.3, 0.4) is 0 Å². The topological polar surface area (TPSA) is 59.4 Å². The Morgan fingerprint density at radius 2 is 1.67 bits per heavy atom. The van der Waals surface area contributed by atoms with Crippen molar-refractivity contribution in [1.29, 1.82) is 5.26 Å². The van der Waals surface area contributed by atoms with Gasteiger partial charge in [0.1, 0.15) is 0 Å². The molecule has 0 radical (unpaired) electrons. The third-order valence-electron chi connectivity index (χ3n) is 7.88. The van der Waals surface area contributed by atoms with Crippen LogP contribution in [0.1, 0.15) is 60.3 Å². The third-order valence-corrected chi connectivity index (χ3v) is 7.88. The zero-order chi connectivity index (χ0) is 22.6. The lowest BCUT2D eigenvalue weighted by Gasteiger charge is -2.36. The number of piperidine rings is 1. The Morgan fingerprint density at radius 3 is 2.33 bits per heavy atom. The van der Waals surface area contributed by atoms with E-state index in [1.807, 2.05) is 0 Å². The average molecular weight is 443 g/mol. The second kappa shape index (κ2) is 10.1. The fourth-order valence-electron chi connectivity index (χ4n) is 5.59. The molecule has 0 unspecified atom stereocenters. The molecule has 5 nitrogen and oxygen atoms in total. The number of nitriles is 1. The van der Waals surface area contributed by atoms with Gasteiger partial charge in [-0.2, -0.15) is 5.26 Å². The molecule has 5 heteroatoms. The third kappa shape index (κ3) is 5.29. The van der Waals surface area contributed by atoms with Crippen molar-refractivity contribution in [3.8, 4) is 6.07 Å². The lowest BCUT2D eigenvalue weighted by atomic mass is 9.87. The van der Waals surface area contributed by atoms with Crippen LogP contribution in [0.5, 0.6) is 0 Å². The summed E-state index contributed by atoms with van der Waals surface area (Å²) in [5.74, 6) is 0.610. The van der Waals surface area contributed by atoms with E-state index >= 15 is 0 Å². The molecule has 172 valence electrons. The van der Waals surface area contributed by atoms with E-state index in [0.717, 1.165) is 37.7 Å². The number of likely N-dealkylation sites (tertiary alicyclic amines) is 1. The maximum Gasteiger partial charge on any atom is 0.238 e. The molecule has 0 spiro atoms. The second-order valence-electron chi connectivity index (χ2n) is 9.94. The zero-order valence-corrected chi connectivity index (χ0v) is 19.4. The predicted octanol–water partition coefficient (Wildman–Crippen LogP) is 4.33. The van der Waals surface area contributed by atoms with Crippen LogP contribution in [-0.4, -0.2) is 54.5 Å². The van der Waals surface area contributed by atoms with Crippen LogP contribution >= 0.6 is 0 Å². The minimum Gasteiger partial charge on any atom is -0.325 e. The zero-order valence-electron chi connectivity index (χ0n) is 19.4. The first-order valence-corrected chi connectivity index (χ1v) is 12.6. The summed E-state index contributed by atoms with van der Waals surface area (Å²) in [6.07, 6.45) is 8.80. The van der Waals surface area contributed by atoms with Gasteiger partial charge in [-0.3, -0.25) is 14.6 Å². The summed E-state index contributed by atoms with van der Waals surface area (Å²) in [5.41, 5.74) is 5.96. The number of carbonyl (C=O) groups is 1. The monoisotopic (exact) mass is 442 g/mol. The van der Waals surface area contributed by atoms with Crippen molar-refractivity contribution in [2.75, 3.05) is 38.0 Å². The van der Waals surface area contributed by atoms with Crippen molar-refractivity contribution in [2.24, 2.45) is 0 Å². The quantitative estimate of drug-likeness (QED) is 0.749. The van der Waals surface area contributed by atoms with Crippen molar-refractivity contribution in [3.63, 3.8) is 0 Å². The number of benzene rings is 2. The summed E-state index contributed by atoms with van der Waals surface area (Å²) in [6.45, 7) is 4.78. The Labute approximate surface area is 197 Å². The fourth-order valence-corrected chi connectivity index (χ4v) is 5.59. The highest BCUT2D eigenvalue weighted by molar-refractivity contribution is 5.92. The SMILES string of the molecule is N#Cc1ccc(NC(=O)CN2CCC(c3ccc4c(c3)CCN(C3CCC3)CC4)CC2)cc1. The summed E-state index contributed by atoms with van der Waals surface area (Å²) >= 11 is 0.